The molecule has 9 nitrogen and oxygen atoms in total. The second-order valence-corrected chi connectivity index (χ2v) is 13.8. The number of sulfone groups is 1. The van der Waals surface area contributed by atoms with Gasteiger partial charge in [0.2, 0.25) is 5.91 Å². The average Bonchev–Trinajstić information content (AvgIpc) is 3.35. The number of nitrogens with zero attached hydrogens (tertiary/aromatic N) is 4. The van der Waals surface area contributed by atoms with Gasteiger partial charge in [-0.05, 0) is 45.1 Å². The van der Waals surface area contributed by atoms with Crippen molar-refractivity contribution in [1.29, 1.82) is 0 Å². The highest BCUT2D eigenvalue weighted by Crippen LogP contribution is 2.43. The number of alkyl halides is 2. The van der Waals surface area contributed by atoms with Crippen molar-refractivity contribution >= 4 is 27.1 Å². The minimum absolute atomic E-state index is 0.0533. The van der Waals surface area contributed by atoms with E-state index in [1.54, 1.807) is 30.7 Å². The molecule has 13 heteroatoms. The van der Waals surface area contributed by atoms with E-state index >= 15 is 0 Å². The number of rotatable bonds is 7. The first-order valence-corrected chi connectivity index (χ1v) is 15.2. The quantitative estimate of drug-likeness (QED) is 0.466. The number of nitrogens with one attached hydrogen (secondary N) is 1. The molecule has 3 aromatic rings. The fraction of sp³-hybridized carbons (Fsp3) is 0.520. The largest absolute Gasteiger partial charge is 0.433 e. The van der Waals surface area contributed by atoms with Crippen molar-refractivity contribution in [3.05, 3.63) is 40.9 Å². The van der Waals surface area contributed by atoms with Crippen LogP contribution >= 0.6 is 11.3 Å². The van der Waals surface area contributed by atoms with E-state index in [0.29, 0.717) is 42.9 Å². The van der Waals surface area contributed by atoms with Gasteiger partial charge in [0.1, 0.15) is 10.8 Å². The van der Waals surface area contributed by atoms with E-state index in [1.807, 2.05) is 4.68 Å². The third-order valence-electron chi connectivity index (χ3n) is 7.43. The Balaban J connectivity index is 1.33. The van der Waals surface area contributed by atoms with Crippen LogP contribution in [-0.4, -0.2) is 57.7 Å². The van der Waals surface area contributed by atoms with Crippen LogP contribution < -0.4 is 10.1 Å². The van der Waals surface area contributed by atoms with Crippen LogP contribution in [0, 0.1) is 5.92 Å². The van der Waals surface area contributed by atoms with E-state index in [2.05, 4.69) is 20.0 Å². The van der Waals surface area contributed by atoms with Gasteiger partial charge in [0.15, 0.2) is 9.84 Å². The molecule has 0 aromatic carbocycles. The minimum Gasteiger partial charge on any atom is -0.433 e. The predicted molar refractivity (Wildman–Crippen MR) is 136 cm³/mol. The highest BCUT2D eigenvalue weighted by atomic mass is 32.2. The Labute approximate surface area is 222 Å². The SMILES string of the molecule is C[C@]1(NC(=O)C2CCc3c(-c4cncc(OC(F)F)c4)nn(-c4cnc(C5CC5)s4)c3C2)CCS(=O)(=O)C1. The summed E-state index contributed by atoms with van der Waals surface area (Å²) in [6, 6.07) is 1.49. The summed E-state index contributed by atoms with van der Waals surface area (Å²) in [4.78, 5) is 22.0. The highest BCUT2D eigenvalue weighted by Gasteiger charge is 2.41. The number of halogens is 2. The maximum absolute atomic E-state index is 13.3. The fourth-order valence-electron chi connectivity index (χ4n) is 5.37. The number of carbonyl (C=O) groups excluding carboxylic acids is 1. The molecule has 0 spiro atoms. The molecule has 2 fully saturated rings. The van der Waals surface area contributed by atoms with Crippen LogP contribution in [0.3, 0.4) is 0 Å². The zero-order valence-corrected chi connectivity index (χ0v) is 22.3. The van der Waals surface area contributed by atoms with Gasteiger partial charge < -0.3 is 10.1 Å². The minimum atomic E-state index is -3.16. The summed E-state index contributed by atoms with van der Waals surface area (Å²) in [5.74, 6) is -0.0711. The molecule has 2 aliphatic carbocycles. The third kappa shape index (κ3) is 5.05. The summed E-state index contributed by atoms with van der Waals surface area (Å²) >= 11 is 1.57. The van der Waals surface area contributed by atoms with Crippen molar-refractivity contribution in [3.63, 3.8) is 0 Å². The van der Waals surface area contributed by atoms with Crippen LogP contribution in [0.15, 0.2) is 24.7 Å². The zero-order valence-electron chi connectivity index (χ0n) is 20.7. The molecule has 0 radical (unpaired) electrons. The van der Waals surface area contributed by atoms with E-state index in [1.165, 1.54) is 12.3 Å². The number of thiazole rings is 1. The van der Waals surface area contributed by atoms with Gasteiger partial charge in [0.05, 0.1) is 40.1 Å². The van der Waals surface area contributed by atoms with Crippen molar-refractivity contribution in [2.24, 2.45) is 5.92 Å². The predicted octanol–water partition coefficient (Wildman–Crippen LogP) is 3.67. The standard InChI is InChI=1S/C25H27F2N5O4S2/c1-25(6-7-38(34,35)13-25)30-22(33)15-4-5-18-19(9-15)32(20-12-29-23(37-20)14-2-3-14)31-21(18)16-8-17(11-28-10-16)36-24(26)27/h8,10-12,14-15,24H,2-7,9,13H2,1H3,(H,30,33)/t15?,25-/m0/s1. The Kier molecular flexibility index (Phi) is 6.25. The van der Waals surface area contributed by atoms with Gasteiger partial charge in [-0.2, -0.15) is 13.9 Å². The van der Waals surface area contributed by atoms with Crippen LogP contribution in [-0.2, 0) is 27.5 Å². The van der Waals surface area contributed by atoms with E-state index in [-0.39, 0.29) is 29.1 Å². The number of amides is 1. The Morgan fingerprint density at radius 1 is 1.26 bits per heavy atom. The lowest BCUT2D eigenvalue weighted by Crippen LogP contribution is -2.50. The van der Waals surface area contributed by atoms with Crippen LogP contribution in [0.4, 0.5) is 8.78 Å². The van der Waals surface area contributed by atoms with Crippen molar-refractivity contribution in [3.8, 4) is 22.0 Å². The molecule has 6 rings (SSSR count). The molecule has 1 saturated heterocycles. The summed E-state index contributed by atoms with van der Waals surface area (Å²) in [5.41, 5.74) is 2.19. The molecular formula is C25H27F2N5O4S2. The second-order valence-electron chi connectivity index (χ2n) is 10.6. The van der Waals surface area contributed by atoms with Crippen molar-refractivity contribution < 1.29 is 26.7 Å². The first kappa shape index (κ1) is 25.4. The van der Waals surface area contributed by atoms with Gasteiger partial charge >= 0.3 is 6.61 Å². The van der Waals surface area contributed by atoms with Gasteiger partial charge in [-0.1, -0.05) is 11.3 Å². The number of carbonyl (C=O) groups is 1. The molecule has 1 aliphatic heterocycles. The van der Waals surface area contributed by atoms with Crippen molar-refractivity contribution in [2.75, 3.05) is 11.5 Å². The molecule has 0 bridgehead atoms. The van der Waals surface area contributed by atoms with Gasteiger partial charge in [-0.15, -0.1) is 0 Å². The molecular weight excluding hydrogens is 536 g/mol. The maximum Gasteiger partial charge on any atom is 0.387 e. The number of aromatic nitrogens is 4. The Morgan fingerprint density at radius 3 is 2.79 bits per heavy atom. The number of pyridine rings is 1. The number of fused-ring (bicyclic) bond motifs is 1. The van der Waals surface area contributed by atoms with Crippen LogP contribution in [0.25, 0.3) is 16.3 Å². The number of hydrogen-bond donors (Lipinski definition) is 1. The van der Waals surface area contributed by atoms with Gasteiger partial charge in [0.25, 0.3) is 0 Å². The molecule has 4 heterocycles. The molecule has 3 aromatic heterocycles. The van der Waals surface area contributed by atoms with Crippen LogP contribution in [0.1, 0.15) is 54.8 Å². The first-order chi connectivity index (χ1) is 18.1. The third-order valence-corrected chi connectivity index (χ3v) is 10.5. The monoisotopic (exact) mass is 563 g/mol. The van der Waals surface area contributed by atoms with E-state index in [4.69, 9.17) is 5.10 Å². The Morgan fingerprint density at radius 2 is 2.08 bits per heavy atom. The van der Waals surface area contributed by atoms with Crippen LogP contribution in [0.2, 0.25) is 0 Å². The van der Waals surface area contributed by atoms with Crippen LogP contribution in [0.5, 0.6) is 5.75 Å². The van der Waals surface area contributed by atoms with E-state index in [0.717, 1.165) is 34.1 Å². The molecule has 38 heavy (non-hydrogen) atoms. The van der Waals surface area contributed by atoms with E-state index < -0.39 is 22.0 Å². The molecule has 202 valence electrons. The lowest BCUT2D eigenvalue weighted by molar-refractivity contribution is -0.126. The lowest BCUT2D eigenvalue weighted by Gasteiger charge is -2.29. The van der Waals surface area contributed by atoms with E-state index in [9.17, 15) is 22.0 Å². The number of hydrogen-bond acceptors (Lipinski definition) is 8. The second kappa shape index (κ2) is 9.37. The highest BCUT2D eigenvalue weighted by molar-refractivity contribution is 7.91. The summed E-state index contributed by atoms with van der Waals surface area (Å²) in [6.45, 7) is -1.18. The number of ether oxygens (including phenoxy) is 1. The average molecular weight is 564 g/mol. The van der Waals surface area contributed by atoms with Gasteiger partial charge in [-0.25, -0.2) is 18.1 Å². The smallest absolute Gasteiger partial charge is 0.387 e. The molecule has 1 amide bonds. The molecule has 1 saturated carbocycles. The van der Waals surface area contributed by atoms with Crippen molar-refractivity contribution in [2.45, 2.75) is 63.5 Å². The summed E-state index contributed by atoms with van der Waals surface area (Å²) < 4.78 is 56.0. The zero-order chi connectivity index (χ0) is 26.7. The lowest BCUT2D eigenvalue weighted by atomic mass is 9.84. The Bertz CT molecular complexity index is 1500. The molecule has 1 unspecified atom stereocenters. The molecule has 1 N–H and O–H groups in total. The molecule has 2 atom stereocenters. The van der Waals surface area contributed by atoms with Crippen molar-refractivity contribution in [1.82, 2.24) is 25.1 Å². The van der Waals surface area contributed by atoms with Gasteiger partial charge in [0, 0.05) is 41.3 Å². The summed E-state index contributed by atoms with van der Waals surface area (Å²) in [6.07, 6.45) is 8.73. The maximum atomic E-state index is 13.3. The topological polar surface area (TPSA) is 116 Å². The fourth-order valence-corrected chi connectivity index (χ4v) is 8.53. The summed E-state index contributed by atoms with van der Waals surface area (Å²) in [7, 11) is -3.16. The Hall–Kier alpha value is -2.93. The summed E-state index contributed by atoms with van der Waals surface area (Å²) in [5, 5.41) is 9.76. The first-order valence-electron chi connectivity index (χ1n) is 12.6. The normalized spacial score (nSPS) is 24.4. The van der Waals surface area contributed by atoms with Gasteiger partial charge in [-0.3, -0.25) is 9.78 Å². The molecule has 3 aliphatic rings.